The van der Waals surface area contributed by atoms with Crippen LogP contribution in [0.15, 0.2) is 36.5 Å². The van der Waals surface area contributed by atoms with Crippen LogP contribution in [-0.4, -0.2) is 68.5 Å². The highest BCUT2D eigenvalue weighted by atomic mass is 35.5. The second kappa shape index (κ2) is 9.95. The third-order valence-corrected chi connectivity index (χ3v) is 6.01. The summed E-state index contributed by atoms with van der Waals surface area (Å²) in [5.41, 5.74) is 0.217. The zero-order valence-electron chi connectivity index (χ0n) is 18.1. The van der Waals surface area contributed by atoms with Gasteiger partial charge in [-0.3, -0.25) is 14.5 Å². The maximum Gasteiger partial charge on any atom is 0.522 e. The van der Waals surface area contributed by atoms with E-state index in [0.717, 1.165) is 0 Å². The van der Waals surface area contributed by atoms with E-state index in [1.54, 1.807) is 30.3 Å². The first-order valence-electron chi connectivity index (χ1n) is 10.4. The fourth-order valence-corrected chi connectivity index (χ4v) is 4.27. The minimum absolute atomic E-state index is 0.0848. The lowest BCUT2D eigenvalue weighted by Crippen LogP contribution is -2.53. The number of halogens is 4. The van der Waals surface area contributed by atoms with Gasteiger partial charge >= 0.3 is 6.36 Å². The van der Waals surface area contributed by atoms with Crippen LogP contribution in [0.4, 0.5) is 13.2 Å². The third kappa shape index (κ3) is 5.22. The van der Waals surface area contributed by atoms with E-state index in [0.29, 0.717) is 30.0 Å². The summed E-state index contributed by atoms with van der Waals surface area (Å²) >= 11 is 6.18. The van der Waals surface area contributed by atoms with Crippen molar-refractivity contribution in [3.63, 3.8) is 0 Å². The molecule has 0 bridgehead atoms. The molecule has 2 aromatic rings. The fraction of sp³-hybridized carbons (Fsp3) is 0.455. The lowest BCUT2D eigenvalue weighted by Gasteiger charge is -2.41. The van der Waals surface area contributed by atoms with Crippen molar-refractivity contribution in [2.24, 2.45) is 0 Å². The summed E-state index contributed by atoms with van der Waals surface area (Å²) in [6.45, 7) is -0.272. The van der Waals surface area contributed by atoms with Crippen LogP contribution in [0, 0.1) is 0 Å². The van der Waals surface area contributed by atoms with Gasteiger partial charge in [-0.2, -0.15) is 0 Å². The number of pyridine rings is 1. The van der Waals surface area contributed by atoms with Gasteiger partial charge in [-0.15, -0.1) is 13.2 Å². The van der Waals surface area contributed by atoms with E-state index >= 15 is 0 Å². The van der Waals surface area contributed by atoms with Crippen LogP contribution in [0.25, 0.3) is 0 Å². The summed E-state index contributed by atoms with van der Waals surface area (Å²) in [4.78, 5) is 19.2. The number of benzene rings is 1. The smallest absolute Gasteiger partial charge is 0.497 e. The Hall–Kier alpha value is -2.60. The highest BCUT2D eigenvalue weighted by Crippen LogP contribution is 2.42. The summed E-state index contributed by atoms with van der Waals surface area (Å²) in [7, 11) is 1.57. The van der Waals surface area contributed by atoms with E-state index in [-0.39, 0.29) is 36.6 Å². The molecule has 1 aromatic carbocycles. The molecule has 8 nitrogen and oxygen atoms in total. The Morgan fingerprint density at radius 2 is 2.12 bits per heavy atom. The molecule has 0 saturated carbocycles. The maximum absolute atomic E-state index is 13.1. The van der Waals surface area contributed by atoms with Crippen LogP contribution in [-0.2, 0) is 19.8 Å². The molecule has 1 amide bonds. The molecule has 12 heteroatoms. The van der Waals surface area contributed by atoms with Crippen molar-refractivity contribution < 1.29 is 41.7 Å². The van der Waals surface area contributed by atoms with Gasteiger partial charge in [-0.05, 0) is 24.3 Å². The average Bonchev–Trinajstić information content (AvgIpc) is 3.26. The number of carbonyl (C=O) groups excluding carboxylic acids is 1. The van der Waals surface area contributed by atoms with Crippen molar-refractivity contribution in [2.45, 2.75) is 24.5 Å². The Balaban J connectivity index is 1.41. The number of alkyl halides is 3. The van der Waals surface area contributed by atoms with Crippen LogP contribution in [0.1, 0.15) is 22.5 Å². The number of amides is 1. The number of piperidine rings is 1. The number of fused-ring (bicyclic) bond motifs is 1. The van der Waals surface area contributed by atoms with Crippen LogP contribution >= 0.6 is 11.6 Å². The topological polar surface area (TPSA) is 79.4 Å². The SMILES string of the molecule is COc1ccnc(C23CCN(C(=O)c4ccc(OCCOC(F)(F)F)c(Cl)c4)CC2OCO3)c1. The number of methoxy groups -OCH3 is 1. The number of nitrogens with zero attached hydrogens (tertiary/aromatic N) is 2. The van der Waals surface area contributed by atoms with E-state index in [2.05, 4.69) is 9.72 Å². The zero-order valence-corrected chi connectivity index (χ0v) is 18.9. The van der Waals surface area contributed by atoms with Crippen molar-refractivity contribution in [3.05, 3.63) is 52.8 Å². The lowest BCUT2D eigenvalue weighted by atomic mass is 9.84. The highest BCUT2D eigenvalue weighted by molar-refractivity contribution is 6.32. The Morgan fingerprint density at radius 3 is 2.85 bits per heavy atom. The van der Waals surface area contributed by atoms with Gasteiger partial charge in [0.05, 0.1) is 31.0 Å². The van der Waals surface area contributed by atoms with Gasteiger partial charge in [-0.25, -0.2) is 0 Å². The number of aromatic nitrogens is 1. The van der Waals surface area contributed by atoms with E-state index < -0.39 is 24.7 Å². The van der Waals surface area contributed by atoms with Gasteiger partial charge in [0.25, 0.3) is 5.91 Å². The summed E-state index contributed by atoms with van der Waals surface area (Å²) in [5, 5.41) is 0.102. The molecule has 2 fully saturated rings. The number of likely N-dealkylation sites (tertiary alicyclic amines) is 1. The van der Waals surface area contributed by atoms with E-state index in [4.69, 9.17) is 30.5 Å². The van der Waals surface area contributed by atoms with Crippen LogP contribution in [0.3, 0.4) is 0 Å². The molecule has 2 saturated heterocycles. The molecule has 0 spiro atoms. The Labute approximate surface area is 198 Å². The molecular weight excluding hydrogens is 481 g/mol. The largest absolute Gasteiger partial charge is 0.522 e. The fourth-order valence-electron chi connectivity index (χ4n) is 4.04. The first-order valence-corrected chi connectivity index (χ1v) is 10.8. The van der Waals surface area contributed by atoms with Crippen molar-refractivity contribution in [1.29, 1.82) is 0 Å². The molecule has 0 N–H and O–H groups in total. The molecule has 1 aromatic heterocycles. The summed E-state index contributed by atoms with van der Waals surface area (Å²) in [5.74, 6) is 0.531. The van der Waals surface area contributed by atoms with Gasteiger partial charge < -0.3 is 23.8 Å². The number of hydrogen-bond donors (Lipinski definition) is 0. The minimum Gasteiger partial charge on any atom is -0.497 e. The molecule has 34 heavy (non-hydrogen) atoms. The second-order valence-corrected chi connectivity index (χ2v) is 8.08. The molecule has 3 heterocycles. The number of rotatable bonds is 7. The van der Waals surface area contributed by atoms with Crippen LogP contribution in [0.5, 0.6) is 11.5 Å². The highest BCUT2D eigenvalue weighted by Gasteiger charge is 2.52. The maximum atomic E-state index is 13.1. The van der Waals surface area contributed by atoms with E-state index in [1.165, 1.54) is 18.2 Å². The molecule has 184 valence electrons. The van der Waals surface area contributed by atoms with Crippen LogP contribution < -0.4 is 9.47 Å². The molecule has 0 radical (unpaired) electrons. The van der Waals surface area contributed by atoms with Crippen molar-refractivity contribution in [3.8, 4) is 11.5 Å². The Bertz CT molecular complexity index is 1040. The van der Waals surface area contributed by atoms with Gasteiger partial charge in [0.1, 0.15) is 36.6 Å². The number of ether oxygens (including phenoxy) is 5. The van der Waals surface area contributed by atoms with Gasteiger partial charge in [0.15, 0.2) is 0 Å². The zero-order chi connectivity index (χ0) is 24.3. The average molecular weight is 503 g/mol. The lowest BCUT2D eigenvalue weighted by molar-refractivity contribution is -0.325. The first-order chi connectivity index (χ1) is 16.2. The van der Waals surface area contributed by atoms with Crippen molar-refractivity contribution in [1.82, 2.24) is 9.88 Å². The summed E-state index contributed by atoms with van der Waals surface area (Å²) in [6, 6.07) is 7.90. The van der Waals surface area contributed by atoms with E-state index in [9.17, 15) is 18.0 Å². The Morgan fingerprint density at radius 1 is 1.29 bits per heavy atom. The minimum atomic E-state index is -4.73. The van der Waals surface area contributed by atoms with Crippen LogP contribution in [0.2, 0.25) is 5.02 Å². The molecule has 2 unspecified atom stereocenters. The standard InChI is InChI=1S/C22H22ClF3N2O6/c1-30-15-4-6-27-18(11-15)21-5-7-28(12-19(21)32-13-34-21)20(29)14-2-3-17(16(23)10-14)31-8-9-33-22(24,25)26/h2-4,6,10-11,19H,5,7-9,12-13H2,1H3. The third-order valence-electron chi connectivity index (χ3n) is 5.72. The number of hydrogen-bond acceptors (Lipinski definition) is 7. The Kier molecular flexibility index (Phi) is 7.17. The normalized spacial score (nSPS) is 22.4. The van der Waals surface area contributed by atoms with Gasteiger partial charge in [-0.1, -0.05) is 11.6 Å². The molecular formula is C22H22ClF3N2O6. The predicted molar refractivity (Wildman–Crippen MR) is 113 cm³/mol. The van der Waals surface area contributed by atoms with E-state index in [1.807, 2.05) is 0 Å². The molecule has 2 aliphatic heterocycles. The molecule has 4 rings (SSSR count). The van der Waals surface area contributed by atoms with Crippen molar-refractivity contribution in [2.75, 3.05) is 40.2 Å². The van der Waals surface area contributed by atoms with Crippen molar-refractivity contribution >= 4 is 17.5 Å². The van der Waals surface area contributed by atoms with Gasteiger partial charge in [0, 0.05) is 30.8 Å². The predicted octanol–water partition coefficient (Wildman–Crippen LogP) is 3.77. The van der Waals surface area contributed by atoms with Gasteiger partial charge in [0.2, 0.25) is 0 Å². The first kappa shape index (κ1) is 24.5. The summed E-state index contributed by atoms with van der Waals surface area (Å²) < 4.78 is 62.1. The number of carbonyl (C=O) groups is 1. The quantitative estimate of drug-likeness (QED) is 0.533. The monoisotopic (exact) mass is 502 g/mol. The molecule has 2 aliphatic rings. The second-order valence-electron chi connectivity index (χ2n) is 7.68. The molecule has 2 atom stereocenters. The molecule has 0 aliphatic carbocycles. The summed E-state index contributed by atoms with van der Waals surface area (Å²) in [6.07, 6.45) is -3.04.